The van der Waals surface area contributed by atoms with Crippen LogP contribution in [0.4, 0.5) is 0 Å². The van der Waals surface area contributed by atoms with Crippen LogP contribution in [0.2, 0.25) is 0 Å². The molecule has 2 rings (SSSR count). The first-order valence-electron chi connectivity index (χ1n) is 5.81. The van der Waals surface area contributed by atoms with E-state index in [2.05, 4.69) is 5.32 Å². The van der Waals surface area contributed by atoms with E-state index < -0.39 is 17.4 Å². The summed E-state index contributed by atoms with van der Waals surface area (Å²) in [5, 5.41) is 21.1. The van der Waals surface area contributed by atoms with E-state index >= 15 is 0 Å². The van der Waals surface area contributed by atoms with Gasteiger partial charge in [0, 0.05) is 0 Å². The molecule has 1 atom stereocenters. The van der Waals surface area contributed by atoms with Crippen molar-refractivity contribution >= 4 is 11.9 Å². The van der Waals surface area contributed by atoms with Crippen molar-refractivity contribution < 1.29 is 40.9 Å². The smallest absolute Gasteiger partial charge is 0.679 e. The summed E-state index contributed by atoms with van der Waals surface area (Å²) in [4.78, 5) is 20.7. The molecule has 1 saturated carbocycles. The minimum atomic E-state index is -1.44. The summed E-state index contributed by atoms with van der Waals surface area (Å²) in [6.07, 6.45) is 3.63. The predicted octanol–water partition coefficient (Wildman–Crippen LogP) is 1.90. The first-order valence-corrected chi connectivity index (χ1v) is 5.81. The van der Waals surface area contributed by atoms with Gasteiger partial charge >= 0.3 is 33.0 Å². The van der Waals surface area contributed by atoms with E-state index in [1.807, 2.05) is 0 Å². The van der Waals surface area contributed by atoms with Crippen molar-refractivity contribution in [2.75, 3.05) is 13.1 Å². The molecule has 6 nitrogen and oxygen atoms in total. The van der Waals surface area contributed by atoms with E-state index in [0.29, 0.717) is 19.0 Å². The standard InChI is InChI=1S/C6H8O4.C5H10N2.Pt/c7-4(8)6(5(9)10)2-1-3-6;6-4-5-2-1-3-7-5;/h1-3H2,(H,7,8)(H,9,10);5-6H,1-4H2;/q;-2;+2/t;5-;/m.0./s1. The molecule has 1 heterocycles. The van der Waals surface area contributed by atoms with Gasteiger partial charge in [0.1, 0.15) is 0 Å². The van der Waals surface area contributed by atoms with E-state index in [9.17, 15) is 9.59 Å². The topological polar surface area (TPSA) is 112 Å². The summed E-state index contributed by atoms with van der Waals surface area (Å²) < 4.78 is 0. The number of nitrogens with zero attached hydrogens (tertiary/aromatic N) is 1. The average molecular weight is 437 g/mol. The quantitative estimate of drug-likeness (QED) is 0.657. The zero-order valence-corrected chi connectivity index (χ0v) is 12.3. The Hall–Kier alpha value is -0.452. The Balaban J connectivity index is 0.000000321. The Labute approximate surface area is 121 Å². The van der Waals surface area contributed by atoms with Crippen LogP contribution in [0, 0.1) is 5.41 Å². The van der Waals surface area contributed by atoms with Crippen LogP contribution in [0.3, 0.4) is 0 Å². The van der Waals surface area contributed by atoms with Crippen LogP contribution in [-0.2, 0) is 30.7 Å². The molecule has 1 aliphatic heterocycles. The van der Waals surface area contributed by atoms with E-state index in [0.717, 1.165) is 13.0 Å². The molecule has 0 aromatic carbocycles. The fourth-order valence-electron chi connectivity index (χ4n) is 1.91. The van der Waals surface area contributed by atoms with Crippen molar-refractivity contribution in [1.29, 1.82) is 0 Å². The van der Waals surface area contributed by atoms with E-state index in [1.54, 1.807) is 0 Å². The van der Waals surface area contributed by atoms with Crippen LogP contribution >= 0.6 is 0 Å². The summed E-state index contributed by atoms with van der Waals surface area (Å²) in [5.41, 5.74) is 5.46. The van der Waals surface area contributed by atoms with Crippen molar-refractivity contribution in [2.45, 2.75) is 38.1 Å². The van der Waals surface area contributed by atoms with Gasteiger partial charge in [-0.2, -0.15) is 12.6 Å². The molecule has 7 heteroatoms. The third kappa shape index (κ3) is 4.04. The van der Waals surface area contributed by atoms with Gasteiger partial charge in [-0.15, -0.1) is 6.54 Å². The molecule has 18 heavy (non-hydrogen) atoms. The number of hydrogen-bond acceptors (Lipinski definition) is 2. The maximum absolute atomic E-state index is 10.4. The van der Waals surface area contributed by atoms with Crippen molar-refractivity contribution in [2.24, 2.45) is 5.41 Å². The molecular formula is C11H18N2O4Pt. The number of nitrogens with one attached hydrogen (secondary N) is 1. The minimum absolute atomic E-state index is 0. The van der Waals surface area contributed by atoms with Gasteiger partial charge in [0.15, 0.2) is 5.41 Å². The average Bonchev–Trinajstić information content (AvgIpc) is 2.67. The molecule has 3 N–H and O–H groups in total. The Kier molecular flexibility index (Phi) is 7.67. The second kappa shape index (κ2) is 7.87. The summed E-state index contributed by atoms with van der Waals surface area (Å²) >= 11 is 0. The summed E-state index contributed by atoms with van der Waals surface area (Å²) in [6, 6.07) is 0.389. The second-order valence-corrected chi connectivity index (χ2v) is 4.45. The van der Waals surface area contributed by atoms with E-state index in [1.165, 1.54) is 6.42 Å². The number of rotatable bonds is 3. The fourth-order valence-corrected chi connectivity index (χ4v) is 1.91. The van der Waals surface area contributed by atoms with Crippen molar-refractivity contribution in [1.82, 2.24) is 0 Å². The van der Waals surface area contributed by atoms with Crippen molar-refractivity contribution in [3.8, 4) is 0 Å². The molecule has 0 aromatic rings. The molecule has 0 aromatic heterocycles. The van der Waals surface area contributed by atoms with Gasteiger partial charge in [0.2, 0.25) is 0 Å². The summed E-state index contributed by atoms with van der Waals surface area (Å²) in [7, 11) is 0. The van der Waals surface area contributed by atoms with E-state index in [4.69, 9.17) is 15.9 Å². The van der Waals surface area contributed by atoms with Crippen molar-refractivity contribution in [3.63, 3.8) is 0 Å². The van der Waals surface area contributed by atoms with Crippen molar-refractivity contribution in [3.05, 3.63) is 11.1 Å². The summed E-state index contributed by atoms with van der Waals surface area (Å²) in [5.74, 6) is -2.41. The largest absolute Gasteiger partial charge is 2.00 e. The molecular weight excluding hydrogens is 419 g/mol. The molecule has 0 unspecified atom stereocenters. The number of aliphatic carboxylic acids is 2. The predicted molar refractivity (Wildman–Crippen MR) is 62.0 cm³/mol. The van der Waals surface area contributed by atoms with Gasteiger partial charge < -0.3 is 21.3 Å². The third-order valence-electron chi connectivity index (χ3n) is 3.34. The molecule has 0 bridgehead atoms. The SMILES string of the molecule is O=C(O)C1(C(=O)O)CCC1.[NH-]C[C@@H]1CCC[N-]1.[Pt+2]. The zero-order chi connectivity index (χ0) is 12.9. The normalized spacial score (nSPS) is 23.9. The third-order valence-corrected chi connectivity index (χ3v) is 3.34. The molecule has 2 fully saturated rings. The molecule has 0 spiro atoms. The molecule has 2 aliphatic rings. The number of carbonyl (C=O) groups is 2. The monoisotopic (exact) mass is 437 g/mol. The Morgan fingerprint density at radius 2 is 1.78 bits per heavy atom. The first-order chi connectivity index (χ1) is 8.03. The Morgan fingerprint density at radius 1 is 1.22 bits per heavy atom. The van der Waals surface area contributed by atoms with Crippen LogP contribution in [0.15, 0.2) is 0 Å². The summed E-state index contributed by atoms with van der Waals surface area (Å²) in [6.45, 7) is 1.50. The molecule has 106 valence electrons. The first kappa shape index (κ1) is 17.5. The van der Waals surface area contributed by atoms with Gasteiger partial charge in [-0.1, -0.05) is 12.8 Å². The van der Waals surface area contributed by atoms with Crippen LogP contribution < -0.4 is 0 Å². The minimum Gasteiger partial charge on any atom is -0.679 e. The number of hydrogen-bond donors (Lipinski definition) is 2. The van der Waals surface area contributed by atoms with Crippen LogP contribution in [0.1, 0.15) is 32.1 Å². The molecule has 1 aliphatic carbocycles. The van der Waals surface area contributed by atoms with Crippen LogP contribution in [0.5, 0.6) is 0 Å². The molecule has 1 saturated heterocycles. The maximum atomic E-state index is 10.4. The van der Waals surface area contributed by atoms with Crippen LogP contribution in [0.25, 0.3) is 11.1 Å². The van der Waals surface area contributed by atoms with Gasteiger partial charge in [-0.3, -0.25) is 9.59 Å². The zero-order valence-electron chi connectivity index (χ0n) is 10.0. The van der Waals surface area contributed by atoms with Crippen LogP contribution in [-0.4, -0.2) is 41.3 Å². The maximum Gasteiger partial charge on any atom is 2.00 e. The van der Waals surface area contributed by atoms with Gasteiger partial charge in [-0.25, -0.2) is 0 Å². The number of carboxylic acids is 2. The Bertz CT molecular complexity index is 273. The van der Waals surface area contributed by atoms with Gasteiger partial charge in [0.25, 0.3) is 0 Å². The number of carboxylic acid groups (broad SMARTS) is 2. The Morgan fingerprint density at radius 3 is 1.89 bits per heavy atom. The molecule has 0 radical (unpaired) electrons. The van der Waals surface area contributed by atoms with Gasteiger partial charge in [-0.05, 0) is 19.3 Å². The second-order valence-electron chi connectivity index (χ2n) is 4.45. The molecule has 0 amide bonds. The van der Waals surface area contributed by atoms with E-state index in [-0.39, 0.29) is 33.9 Å². The fraction of sp³-hybridized carbons (Fsp3) is 0.818. The van der Waals surface area contributed by atoms with Gasteiger partial charge in [0.05, 0.1) is 0 Å².